The fourth-order valence-electron chi connectivity index (χ4n) is 1.41. The van der Waals surface area contributed by atoms with Gasteiger partial charge in [0, 0.05) is 10.7 Å². The van der Waals surface area contributed by atoms with Gasteiger partial charge in [0.15, 0.2) is 4.34 Å². The Morgan fingerprint density at radius 3 is 2.46 bits per heavy atom. The van der Waals surface area contributed by atoms with Gasteiger partial charge in [-0.1, -0.05) is 23.1 Å². The minimum atomic E-state index is -3.93. The molecule has 0 aliphatic heterocycles. The van der Waals surface area contributed by atoms with Crippen LogP contribution in [0.5, 0.6) is 5.75 Å². The zero-order valence-corrected chi connectivity index (χ0v) is 15.2. The van der Waals surface area contributed by atoms with Crippen LogP contribution in [-0.2, 0) is 18.6 Å². The molecule has 12 heteroatoms. The lowest BCUT2D eigenvalue weighted by molar-refractivity contribution is -0.131. The van der Waals surface area contributed by atoms with Crippen LogP contribution < -0.4 is 4.74 Å². The zero-order chi connectivity index (χ0) is 17.7. The Bertz CT molecular complexity index is 850. The van der Waals surface area contributed by atoms with Crippen molar-refractivity contribution in [2.75, 3.05) is 12.9 Å². The molecule has 1 heterocycles. The van der Waals surface area contributed by atoms with E-state index >= 15 is 0 Å². The van der Waals surface area contributed by atoms with Gasteiger partial charge in [-0.25, -0.2) is 13.2 Å². The highest BCUT2D eigenvalue weighted by atomic mass is 35.7. The second kappa shape index (κ2) is 7.92. The van der Waals surface area contributed by atoms with E-state index < -0.39 is 21.0 Å². The van der Waals surface area contributed by atoms with E-state index in [1.165, 1.54) is 31.4 Å². The van der Waals surface area contributed by atoms with Gasteiger partial charge in [-0.3, -0.25) is 4.79 Å². The van der Waals surface area contributed by atoms with Crippen LogP contribution in [0, 0.1) is 0 Å². The van der Waals surface area contributed by atoms with E-state index in [-0.39, 0.29) is 20.2 Å². The fraction of sp³-hybridized carbons (Fsp3) is 0.167. The molecule has 8 nitrogen and oxygen atoms in total. The lowest BCUT2D eigenvalue weighted by atomic mass is 10.2. The number of hydrogen-bond donors (Lipinski definition) is 0. The summed E-state index contributed by atoms with van der Waals surface area (Å²) in [5.74, 6) is -0.911. The Labute approximate surface area is 149 Å². The lowest BCUT2D eigenvalue weighted by Crippen LogP contribution is -2.10. The number of carbonyl (C=O) groups excluding carboxylic acids is 2. The van der Waals surface area contributed by atoms with Crippen LogP contribution in [0.3, 0.4) is 0 Å². The van der Waals surface area contributed by atoms with E-state index in [1.807, 2.05) is 0 Å². The molecule has 0 bridgehead atoms. The number of halogens is 1. The summed E-state index contributed by atoms with van der Waals surface area (Å²) in [5, 5.41) is 7.03. The Balaban J connectivity index is 1.89. The van der Waals surface area contributed by atoms with Gasteiger partial charge in [-0.2, -0.15) is 0 Å². The maximum atomic E-state index is 11.7. The van der Waals surface area contributed by atoms with E-state index in [0.29, 0.717) is 5.56 Å². The van der Waals surface area contributed by atoms with Crippen molar-refractivity contribution < 1.29 is 27.5 Å². The summed E-state index contributed by atoms with van der Waals surface area (Å²) in [4.78, 5) is 23.0. The average Bonchev–Trinajstić information content (AvgIpc) is 3.02. The third kappa shape index (κ3) is 5.16. The van der Waals surface area contributed by atoms with Gasteiger partial charge in [-0.15, -0.1) is 10.2 Å². The molecular formula is C12H9ClN2O6S3. The summed E-state index contributed by atoms with van der Waals surface area (Å²) in [6, 6.07) is 5.84. The quantitative estimate of drug-likeness (QED) is 0.306. The summed E-state index contributed by atoms with van der Waals surface area (Å²) in [7, 11) is 2.47. The third-order valence-corrected chi connectivity index (χ3v) is 6.36. The number of benzene rings is 1. The molecule has 24 heavy (non-hydrogen) atoms. The number of ether oxygens (including phenoxy) is 2. The van der Waals surface area contributed by atoms with E-state index in [4.69, 9.17) is 15.4 Å². The Hall–Kier alpha value is -1.69. The third-order valence-electron chi connectivity index (χ3n) is 2.42. The number of carbonyl (C=O) groups is 2. The number of thioether (sulfide) groups is 1. The van der Waals surface area contributed by atoms with Crippen molar-refractivity contribution >= 4 is 54.8 Å². The molecule has 1 aromatic heterocycles. The molecule has 1 aromatic carbocycles. The summed E-state index contributed by atoms with van der Waals surface area (Å²) < 4.78 is 31.7. The predicted octanol–water partition coefficient (Wildman–Crippen LogP) is 1.95. The highest BCUT2D eigenvalue weighted by Gasteiger charge is 2.18. The largest absolute Gasteiger partial charge is 0.465 e. The first-order chi connectivity index (χ1) is 11.3. The molecule has 0 amide bonds. The Kier molecular flexibility index (Phi) is 6.15. The molecule has 0 unspecified atom stereocenters. The maximum Gasteiger partial charge on any atom is 0.337 e. The van der Waals surface area contributed by atoms with Gasteiger partial charge < -0.3 is 9.47 Å². The average molecular weight is 409 g/mol. The van der Waals surface area contributed by atoms with E-state index in [0.717, 1.165) is 23.1 Å². The molecule has 2 aromatic rings. The first-order valence-electron chi connectivity index (χ1n) is 6.09. The van der Waals surface area contributed by atoms with E-state index in [9.17, 15) is 18.0 Å². The van der Waals surface area contributed by atoms with Crippen molar-refractivity contribution in [3.05, 3.63) is 29.8 Å². The van der Waals surface area contributed by atoms with Crippen molar-refractivity contribution in [1.82, 2.24) is 10.2 Å². The highest BCUT2D eigenvalue weighted by Crippen LogP contribution is 2.27. The number of esters is 2. The SMILES string of the molecule is COC(=O)c1ccc(OC(=O)CSc2nnc(S(=O)(=O)Cl)s2)cc1. The molecule has 0 fully saturated rings. The molecule has 0 radical (unpaired) electrons. The number of nitrogens with zero attached hydrogens (tertiary/aromatic N) is 2. The van der Waals surface area contributed by atoms with Gasteiger partial charge in [0.05, 0.1) is 18.4 Å². The molecular weight excluding hydrogens is 400 g/mol. The highest BCUT2D eigenvalue weighted by molar-refractivity contribution is 8.15. The summed E-state index contributed by atoms with van der Waals surface area (Å²) in [6.07, 6.45) is 0. The normalized spacial score (nSPS) is 11.1. The van der Waals surface area contributed by atoms with Crippen molar-refractivity contribution in [3.8, 4) is 5.75 Å². The van der Waals surface area contributed by atoms with Crippen LogP contribution in [0.1, 0.15) is 10.4 Å². The van der Waals surface area contributed by atoms with Crippen LogP contribution in [0.25, 0.3) is 0 Å². The van der Waals surface area contributed by atoms with Gasteiger partial charge in [0.25, 0.3) is 9.05 Å². The molecule has 0 atom stereocenters. The molecule has 0 N–H and O–H groups in total. The van der Waals surface area contributed by atoms with Gasteiger partial charge in [0.1, 0.15) is 5.75 Å². The first kappa shape index (κ1) is 18.6. The predicted molar refractivity (Wildman–Crippen MR) is 87.1 cm³/mol. The smallest absolute Gasteiger partial charge is 0.337 e. The first-order valence-corrected chi connectivity index (χ1v) is 10.2. The Morgan fingerprint density at radius 1 is 1.25 bits per heavy atom. The van der Waals surface area contributed by atoms with Crippen LogP contribution >= 0.6 is 33.8 Å². The molecule has 0 saturated heterocycles. The van der Waals surface area contributed by atoms with Crippen molar-refractivity contribution in [2.45, 2.75) is 8.68 Å². The van der Waals surface area contributed by atoms with Crippen molar-refractivity contribution in [3.63, 3.8) is 0 Å². The topological polar surface area (TPSA) is 113 Å². The van der Waals surface area contributed by atoms with Gasteiger partial charge in [0.2, 0.25) is 4.34 Å². The molecule has 0 saturated carbocycles. The molecule has 0 spiro atoms. The second-order valence-electron chi connectivity index (χ2n) is 4.05. The molecule has 2 rings (SSSR count). The van der Waals surface area contributed by atoms with E-state index in [2.05, 4.69) is 14.9 Å². The van der Waals surface area contributed by atoms with E-state index in [1.54, 1.807) is 0 Å². The summed E-state index contributed by atoms with van der Waals surface area (Å²) >= 11 is 1.73. The minimum absolute atomic E-state index is 0.101. The van der Waals surface area contributed by atoms with Gasteiger partial charge in [-0.05, 0) is 24.3 Å². The summed E-state index contributed by atoms with van der Waals surface area (Å²) in [6.45, 7) is 0. The number of methoxy groups -OCH3 is 1. The summed E-state index contributed by atoms with van der Waals surface area (Å²) in [5.41, 5.74) is 0.329. The van der Waals surface area contributed by atoms with Crippen LogP contribution in [-0.4, -0.2) is 43.4 Å². The second-order valence-corrected chi connectivity index (χ2v) is 8.99. The molecule has 0 aliphatic rings. The van der Waals surface area contributed by atoms with Crippen LogP contribution in [0.4, 0.5) is 0 Å². The van der Waals surface area contributed by atoms with Crippen molar-refractivity contribution in [2.24, 2.45) is 0 Å². The number of hydrogen-bond acceptors (Lipinski definition) is 10. The Morgan fingerprint density at radius 2 is 1.92 bits per heavy atom. The van der Waals surface area contributed by atoms with Crippen molar-refractivity contribution in [1.29, 1.82) is 0 Å². The van der Waals surface area contributed by atoms with Crippen LogP contribution in [0.15, 0.2) is 32.9 Å². The van der Waals surface area contributed by atoms with Gasteiger partial charge >= 0.3 is 11.9 Å². The monoisotopic (exact) mass is 408 g/mol. The molecule has 0 aliphatic carbocycles. The number of rotatable bonds is 6. The fourth-order valence-corrected chi connectivity index (χ4v) is 4.08. The lowest BCUT2D eigenvalue weighted by Gasteiger charge is -2.04. The zero-order valence-electron chi connectivity index (χ0n) is 12.0. The number of aromatic nitrogens is 2. The maximum absolute atomic E-state index is 11.7. The van der Waals surface area contributed by atoms with Crippen LogP contribution in [0.2, 0.25) is 0 Å². The molecule has 128 valence electrons. The minimum Gasteiger partial charge on any atom is -0.465 e. The standard InChI is InChI=1S/C12H9ClN2O6S3/c1-20-10(17)7-2-4-8(5-3-7)21-9(16)6-22-11-14-15-12(23-11)24(13,18)19/h2-5H,6H2,1H3.